The maximum absolute atomic E-state index is 5.96. The summed E-state index contributed by atoms with van der Waals surface area (Å²) in [6, 6.07) is 0. The SMILES string of the molecule is Cc1nn(C)c(Cl)c1/C=C/CN. The van der Waals surface area contributed by atoms with Crippen LogP contribution >= 0.6 is 11.6 Å². The molecular formula is C8H12ClN3. The normalized spacial score (nSPS) is 11.3. The molecule has 0 radical (unpaired) electrons. The van der Waals surface area contributed by atoms with Crippen molar-refractivity contribution in [3.05, 3.63) is 22.5 Å². The Labute approximate surface area is 76.8 Å². The van der Waals surface area contributed by atoms with Crippen LogP contribution in [0.2, 0.25) is 5.15 Å². The number of rotatable bonds is 2. The quantitative estimate of drug-likeness (QED) is 0.756. The second kappa shape index (κ2) is 3.74. The van der Waals surface area contributed by atoms with Crippen LogP contribution in [0.15, 0.2) is 6.08 Å². The van der Waals surface area contributed by atoms with E-state index in [9.17, 15) is 0 Å². The van der Waals surface area contributed by atoms with Gasteiger partial charge in [0, 0.05) is 19.2 Å². The van der Waals surface area contributed by atoms with Crippen molar-refractivity contribution in [2.45, 2.75) is 6.92 Å². The van der Waals surface area contributed by atoms with E-state index in [1.54, 1.807) is 4.68 Å². The highest BCUT2D eigenvalue weighted by Crippen LogP contribution is 2.19. The van der Waals surface area contributed by atoms with E-state index < -0.39 is 0 Å². The largest absolute Gasteiger partial charge is 0.327 e. The Bertz CT molecular complexity index is 301. The molecule has 0 unspecified atom stereocenters. The number of halogens is 1. The van der Waals surface area contributed by atoms with Gasteiger partial charge in [0.05, 0.1) is 5.69 Å². The number of aryl methyl sites for hydroxylation is 2. The fourth-order valence-electron chi connectivity index (χ4n) is 1.02. The van der Waals surface area contributed by atoms with Gasteiger partial charge in [-0.25, -0.2) is 0 Å². The molecule has 0 aromatic carbocycles. The number of aromatic nitrogens is 2. The number of hydrogen-bond acceptors (Lipinski definition) is 2. The highest BCUT2D eigenvalue weighted by atomic mass is 35.5. The molecule has 0 aliphatic rings. The third-order valence-electron chi connectivity index (χ3n) is 1.62. The predicted octanol–water partition coefficient (Wildman–Crippen LogP) is 1.35. The van der Waals surface area contributed by atoms with Crippen LogP contribution in [0.3, 0.4) is 0 Å². The van der Waals surface area contributed by atoms with Gasteiger partial charge in [0.25, 0.3) is 0 Å². The van der Waals surface area contributed by atoms with Gasteiger partial charge in [-0.1, -0.05) is 23.8 Å². The molecule has 1 aromatic heterocycles. The molecule has 0 spiro atoms. The first-order valence-corrected chi connectivity index (χ1v) is 4.10. The summed E-state index contributed by atoms with van der Waals surface area (Å²) in [6.07, 6.45) is 3.75. The molecule has 0 saturated carbocycles. The van der Waals surface area contributed by atoms with Crippen LogP contribution in [0.5, 0.6) is 0 Å². The minimum Gasteiger partial charge on any atom is -0.327 e. The Balaban J connectivity index is 3.05. The number of nitrogens with two attached hydrogens (primary N) is 1. The van der Waals surface area contributed by atoms with Gasteiger partial charge < -0.3 is 5.73 Å². The van der Waals surface area contributed by atoms with Crippen LogP contribution in [0.1, 0.15) is 11.3 Å². The molecule has 12 heavy (non-hydrogen) atoms. The van der Waals surface area contributed by atoms with Gasteiger partial charge in [0.15, 0.2) is 0 Å². The summed E-state index contributed by atoms with van der Waals surface area (Å²) in [4.78, 5) is 0. The van der Waals surface area contributed by atoms with Gasteiger partial charge in [0.2, 0.25) is 0 Å². The zero-order valence-corrected chi connectivity index (χ0v) is 7.97. The van der Waals surface area contributed by atoms with Crippen molar-refractivity contribution in [1.82, 2.24) is 9.78 Å². The Morgan fingerprint density at radius 2 is 2.33 bits per heavy atom. The van der Waals surface area contributed by atoms with E-state index in [-0.39, 0.29) is 0 Å². The van der Waals surface area contributed by atoms with Crippen molar-refractivity contribution < 1.29 is 0 Å². The van der Waals surface area contributed by atoms with Crippen molar-refractivity contribution in [3.63, 3.8) is 0 Å². The number of hydrogen-bond donors (Lipinski definition) is 1. The lowest BCUT2D eigenvalue weighted by atomic mass is 10.2. The second-order valence-electron chi connectivity index (χ2n) is 2.55. The van der Waals surface area contributed by atoms with Gasteiger partial charge in [-0.2, -0.15) is 5.10 Å². The molecular weight excluding hydrogens is 174 g/mol. The second-order valence-corrected chi connectivity index (χ2v) is 2.91. The fraction of sp³-hybridized carbons (Fsp3) is 0.375. The smallest absolute Gasteiger partial charge is 0.134 e. The van der Waals surface area contributed by atoms with E-state index in [0.29, 0.717) is 11.7 Å². The van der Waals surface area contributed by atoms with Crippen molar-refractivity contribution in [2.24, 2.45) is 12.8 Å². The Morgan fingerprint density at radius 3 is 2.75 bits per heavy atom. The van der Waals surface area contributed by atoms with E-state index in [1.807, 2.05) is 26.1 Å². The molecule has 0 aliphatic heterocycles. The average molecular weight is 186 g/mol. The Morgan fingerprint density at radius 1 is 1.67 bits per heavy atom. The molecule has 66 valence electrons. The maximum atomic E-state index is 5.96. The zero-order chi connectivity index (χ0) is 9.14. The molecule has 1 rings (SSSR count). The summed E-state index contributed by atoms with van der Waals surface area (Å²) in [7, 11) is 1.81. The first kappa shape index (κ1) is 9.29. The fourth-order valence-corrected chi connectivity index (χ4v) is 1.26. The molecule has 0 fully saturated rings. The molecule has 0 saturated heterocycles. The number of nitrogens with zero attached hydrogens (tertiary/aromatic N) is 2. The van der Waals surface area contributed by atoms with Crippen LogP contribution in [-0.2, 0) is 7.05 Å². The molecule has 0 aliphatic carbocycles. The molecule has 2 N–H and O–H groups in total. The molecule has 1 aromatic rings. The highest BCUT2D eigenvalue weighted by molar-refractivity contribution is 6.31. The third-order valence-corrected chi connectivity index (χ3v) is 2.06. The highest BCUT2D eigenvalue weighted by Gasteiger charge is 2.06. The third kappa shape index (κ3) is 1.68. The minimum absolute atomic E-state index is 0.519. The summed E-state index contributed by atoms with van der Waals surface area (Å²) in [5, 5.41) is 4.81. The van der Waals surface area contributed by atoms with E-state index in [1.165, 1.54) is 0 Å². The van der Waals surface area contributed by atoms with Crippen LogP contribution < -0.4 is 5.73 Å². The average Bonchev–Trinajstić information content (AvgIpc) is 2.25. The van der Waals surface area contributed by atoms with E-state index >= 15 is 0 Å². The minimum atomic E-state index is 0.519. The lowest BCUT2D eigenvalue weighted by Gasteiger charge is -1.90. The lowest BCUT2D eigenvalue weighted by molar-refractivity contribution is 0.757. The van der Waals surface area contributed by atoms with Crippen molar-refractivity contribution in [3.8, 4) is 0 Å². The summed E-state index contributed by atoms with van der Waals surface area (Å²) in [5.74, 6) is 0. The molecule has 3 nitrogen and oxygen atoms in total. The topological polar surface area (TPSA) is 43.8 Å². The molecule has 0 amide bonds. The van der Waals surface area contributed by atoms with Crippen LogP contribution in [0, 0.1) is 6.92 Å². The molecule has 1 heterocycles. The summed E-state index contributed by atoms with van der Waals surface area (Å²) in [6.45, 7) is 2.44. The Kier molecular flexibility index (Phi) is 2.89. The van der Waals surface area contributed by atoms with Gasteiger partial charge in [0.1, 0.15) is 5.15 Å². The van der Waals surface area contributed by atoms with Gasteiger partial charge in [-0.05, 0) is 6.92 Å². The van der Waals surface area contributed by atoms with Crippen LogP contribution in [-0.4, -0.2) is 16.3 Å². The van der Waals surface area contributed by atoms with Crippen LogP contribution in [0.4, 0.5) is 0 Å². The molecule has 0 atom stereocenters. The first-order chi connectivity index (χ1) is 5.66. The first-order valence-electron chi connectivity index (χ1n) is 3.72. The van der Waals surface area contributed by atoms with Gasteiger partial charge >= 0.3 is 0 Å². The summed E-state index contributed by atoms with van der Waals surface area (Å²) < 4.78 is 1.65. The molecule has 0 bridgehead atoms. The zero-order valence-electron chi connectivity index (χ0n) is 7.21. The lowest BCUT2D eigenvalue weighted by Crippen LogP contribution is -1.92. The Hall–Kier alpha value is -0.800. The predicted molar refractivity (Wildman–Crippen MR) is 51.0 cm³/mol. The summed E-state index contributed by atoms with van der Waals surface area (Å²) in [5.41, 5.74) is 7.20. The van der Waals surface area contributed by atoms with Crippen molar-refractivity contribution in [2.75, 3.05) is 6.54 Å². The monoisotopic (exact) mass is 185 g/mol. The standard InChI is InChI=1S/C8H12ClN3/c1-6-7(4-3-5-10)8(9)12(2)11-6/h3-4H,5,10H2,1-2H3/b4-3+. The van der Waals surface area contributed by atoms with Crippen molar-refractivity contribution >= 4 is 17.7 Å². The van der Waals surface area contributed by atoms with Crippen LogP contribution in [0.25, 0.3) is 6.08 Å². The van der Waals surface area contributed by atoms with E-state index in [2.05, 4.69) is 5.10 Å². The maximum Gasteiger partial charge on any atom is 0.134 e. The van der Waals surface area contributed by atoms with Gasteiger partial charge in [-0.3, -0.25) is 4.68 Å². The summed E-state index contributed by atoms with van der Waals surface area (Å²) >= 11 is 5.96. The van der Waals surface area contributed by atoms with Gasteiger partial charge in [-0.15, -0.1) is 0 Å². The van der Waals surface area contributed by atoms with Crippen molar-refractivity contribution in [1.29, 1.82) is 0 Å². The van der Waals surface area contributed by atoms with E-state index in [4.69, 9.17) is 17.3 Å². The molecule has 4 heteroatoms. The van der Waals surface area contributed by atoms with E-state index in [0.717, 1.165) is 11.3 Å².